The molecule has 2 heterocycles. The zero-order valence-corrected chi connectivity index (χ0v) is 16.9. The SMILES string of the molecule is COc1ccc(C(C)NC(=O)c2cnn(-c3ccc(C(F)(F)F)cn3)c2C(F)(F)F)cc1F. The number of amides is 1. The molecule has 0 saturated heterocycles. The summed E-state index contributed by atoms with van der Waals surface area (Å²) in [6.45, 7) is 1.42. The average molecular weight is 476 g/mol. The highest BCUT2D eigenvalue weighted by atomic mass is 19.4. The molecule has 0 saturated carbocycles. The van der Waals surface area contributed by atoms with Gasteiger partial charge < -0.3 is 10.1 Å². The van der Waals surface area contributed by atoms with Crippen LogP contribution in [-0.2, 0) is 12.4 Å². The minimum Gasteiger partial charge on any atom is -0.494 e. The summed E-state index contributed by atoms with van der Waals surface area (Å²) >= 11 is 0. The summed E-state index contributed by atoms with van der Waals surface area (Å²) in [5, 5.41) is 5.81. The van der Waals surface area contributed by atoms with E-state index in [1.807, 2.05) is 0 Å². The van der Waals surface area contributed by atoms with Crippen molar-refractivity contribution in [2.24, 2.45) is 0 Å². The summed E-state index contributed by atoms with van der Waals surface area (Å²) in [5.74, 6) is -2.53. The number of rotatable bonds is 5. The van der Waals surface area contributed by atoms with Crippen molar-refractivity contribution in [1.82, 2.24) is 20.1 Å². The first-order valence-electron chi connectivity index (χ1n) is 9.16. The first kappa shape index (κ1) is 24.0. The van der Waals surface area contributed by atoms with Gasteiger partial charge in [-0.05, 0) is 36.8 Å². The van der Waals surface area contributed by atoms with Crippen LogP contribution in [0.3, 0.4) is 0 Å². The number of alkyl halides is 6. The van der Waals surface area contributed by atoms with Gasteiger partial charge in [-0.3, -0.25) is 4.79 Å². The van der Waals surface area contributed by atoms with Gasteiger partial charge in [-0.15, -0.1) is 0 Å². The van der Waals surface area contributed by atoms with Crippen LogP contribution in [0.4, 0.5) is 30.7 Å². The highest BCUT2D eigenvalue weighted by Gasteiger charge is 2.41. The fourth-order valence-electron chi connectivity index (χ4n) is 2.95. The van der Waals surface area contributed by atoms with Crippen molar-refractivity contribution >= 4 is 5.91 Å². The number of ether oxygens (including phenoxy) is 1. The van der Waals surface area contributed by atoms with Crippen molar-refractivity contribution in [3.8, 4) is 11.6 Å². The fourth-order valence-corrected chi connectivity index (χ4v) is 2.95. The third-order valence-electron chi connectivity index (χ3n) is 4.60. The van der Waals surface area contributed by atoms with Gasteiger partial charge in [0.25, 0.3) is 5.91 Å². The number of methoxy groups -OCH3 is 1. The van der Waals surface area contributed by atoms with E-state index >= 15 is 0 Å². The summed E-state index contributed by atoms with van der Waals surface area (Å²) in [6.07, 6.45) is -8.84. The van der Waals surface area contributed by atoms with Crippen molar-refractivity contribution in [1.29, 1.82) is 0 Å². The molecule has 0 aliphatic carbocycles. The summed E-state index contributed by atoms with van der Waals surface area (Å²) in [7, 11) is 1.26. The lowest BCUT2D eigenvalue weighted by atomic mass is 10.1. The lowest BCUT2D eigenvalue weighted by Crippen LogP contribution is -2.29. The topological polar surface area (TPSA) is 69.0 Å². The van der Waals surface area contributed by atoms with Crippen molar-refractivity contribution in [2.75, 3.05) is 7.11 Å². The number of carbonyl (C=O) groups excluding carboxylic acids is 1. The molecule has 6 nitrogen and oxygen atoms in total. The number of pyridine rings is 1. The van der Waals surface area contributed by atoms with Gasteiger partial charge in [0.2, 0.25) is 0 Å². The van der Waals surface area contributed by atoms with E-state index in [0.717, 1.165) is 6.07 Å². The summed E-state index contributed by atoms with van der Waals surface area (Å²) in [5.41, 5.74) is -3.32. The fraction of sp³-hybridized carbons (Fsp3) is 0.250. The first-order chi connectivity index (χ1) is 15.3. The molecule has 0 aliphatic heterocycles. The van der Waals surface area contributed by atoms with E-state index in [2.05, 4.69) is 15.4 Å². The Morgan fingerprint density at radius 3 is 2.27 bits per heavy atom. The van der Waals surface area contributed by atoms with E-state index in [9.17, 15) is 35.5 Å². The van der Waals surface area contributed by atoms with Gasteiger partial charge in [-0.2, -0.15) is 31.4 Å². The number of aromatic nitrogens is 3. The number of nitrogens with zero attached hydrogens (tertiary/aromatic N) is 3. The number of hydrogen-bond acceptors (Lipinski definition) is 4. The second kappa shape index (κ2) is 8.71. The normalized spacial score (nSPS) is 13.0. The van der Waals surface area contributed by atoms with Gasteiger partial charge in [0.05, 0.1) is 30.5 Å². The number of hydrogen-bond donors (Lipinski definition) is 1. The van der Waals surface area contributed by atoms with E-state index in [4.69, 9.17) is 4.74 Å². The molecule has 0 radical (unpaired) electrons. The minimum absolute atomic E-state index is 0.0537. The zero-order chi connectivity index (χ0) is 24.6. The van der Waals surface area contributed by atoms with E-state index in [-0.39, 0.29) is 16.0 Å². The van der Waals surface area contributed by atoms with Crippen molar-refractivity contribution < 1.29 is 40.3 Å². The Balaban J connectivity index is 1.93. The summed E-state index contributed by atoms with van der Waals surface area (Å²) in [4.78, 5) is 16.0. The van der Waals surface area contributed by atoms with Crippen LogP contribution in [0.1, 0.15) is 40.1 Å². The second-order valence-electron chi connectivity index (χ2n) is 6.81. The van der Waals surface area contributed by atoms with Gasteiger partial charge in [0.1, 0.15) is 0 Å². The summed E-state index contributed by atoms with van der Waals surface area (Å²) in [6, 6.07) is 4.13. The average Bonchev–Trinajstić information content (AvgIpc) is 3.19. The molecule has 0 spiro atoms. The van der Waals surface area contributed by atoms with Crippen LogP contribution < -0.4 is 10.1 Å². The number of benzene rings is 1. The van der Waals surface area contributed by atoms with E-state index < -0.39 is 52.8 Å². The Morgan fingerprint density at radius 2 is 1.76 bits per heavy atom. The van der Waals surface area contributed by atoms with Gasteiger partial charge >= 0.3 is 12.4 Å². The Labute approximate surface area is 182 Å². The molecule has 0 bridgehead atoms. The van der Waals surface area contributed by atoms with Crippen LogP contribution in [0.5, 0.6) is 5.75 Å². The third kappa shape index (κ3) is 5.07. The molecule has 1 amide bonds. The molecule has 0 fully saturated rings. The maximum atomic E-state index is 13.9. The Kier molecular flexibility index (Phi) is 6.34. The predicted octanol–water partition coefficient (Wildman–Crippen LogP) is 4.94. The molecule has 33 heavy (non-hydrogen) atoms. The van der Waals surface area contributed by atoms with Crippen LogP contribution >= 0.6 is 0 Å². The molecular formula is C20H15F7N4O2. The van der Waals surface area contributed by atoms with Crippen LogP contribution in [0.25, 0.3) is 5.82 Å². The lowest BCUT2D eigenvalue weighted by Gasteiger charge is -2.16. The number of nitrogens with one attached hydrogen (secondary N) is 1. The summed E-state index contributed by atoms with van der Waals surface area (Å²) < 4.78 is 98.3. The van der Waals surface area contributed by atoms with Gasteiger partial charge in [0, 0.05) is 6.20 Å². The maximum Gasteiger partial charge on any atom is 0.434 e. The van der Waals surface area contributed by atoms with Gasteiger partial charge in [0.15, 0.2) is 23.1 Å². The Morgan fingerprint density at radius 1 is 1.06 bits per heavy atom. The molecule has 3 aromatic rings. The van der Waals surface area contributed by atoms with E-state index in [1.54, 1.807) is 0 Å². The van der Waals surface area contributed by atoms with Crippen LogP contribution in [0, 0.1) is 5.82 Å². The molecule has 176 valence electrons. The van der Waals surface area contributed by atoms with Crippen LogP contribution in [0.15, 0.2) is 42.7 Å². The number of carbonyl (C=O) groups is 1. The van der Waals surface area contributed by atoms with Crippen molar-refractivity contribution in [3.63, 3.8) is 0 Å². The lowest BCUT2D eigenvalue weighted by molar-refractivity contribution is -0.143. The monoisotopic (exact) mass is 476 g/mol. The van der Waals surface area contributed by atoms with Crippen molar-refractivity contribution in [3.05, 3.63) is 70.9 Å². The van der Waals surface area contributed by atoms with Gasteiger partial charge in [-0.1, -0.05) is 6.07 Å². The number of halogens is 7. The third-order valence-corrected chi connectivity index (χ3v) is 4.60. The largest absolute Gasteiger partial charge is 0.494 e. The highest BCUT2D eigenvalue weighted by Crippen LogP contribution is 2.34. The molecule has 3 rings (SSSR count). The van der Waals surface area contributed by atoms with Crippen molar-refractivity contribution in [2.45, 2.75) is 25.3 Å². The zero-order valence-electron chi connectivity index (χ0n) is 16.9. The molecular weight excluding hydrogens is 461 g/mol. The maximum absolute atomic E-state index is 13.9. The Bertz CT molecular complexity index is 1150. The van der Waals surface area contributed by atoms with Crippen LogP contribution in [-0.4, -0.2) is 27.8 Å². The molecule has 0 aliphatic rings. The predicted molar refractivity (Wildman–Crippen MR) is 100 cm³/mol. The molecule has 1 unspecified atom stereocenters. The molecule has 1 atom stereocenters. The van der Waals surface area contributed by atoms with Gasteiger partial charge in [-0.25, -0.2) is 14.1 Å². The molecule has 1 N–H and O–H groups in total. The Hall–Kier alpha value is -3.64. The molecule has 13 heteroatoms. The minimum atomic E-state index is -5.09. The smallest absolute Gasteiger partial charge is 0.434 e. The molecule has 2 aromatic heterocycles. The highest BCUT2D eigenvalue weighted by molar-refractivity contribution is 5.95. The first-order valence-corrected chi connectivity index (χ1v) is 9.16. The molecule has 1 aromatic carbocycles. The van der Waals surface area contributed by atoms with E-state index in [1.165, 1.54) is 26.2 Å². The quantitative estimate of drug-likeness (QED) is 0.530. The van der Waals surface area contributed by atoms with Crippen LogP contribution in [0.2, 0.25) is 0 Å². The second-order valence-corrected chi connectivity index (χ2v) is 6.81. The van der Waals surface area contributed by atoms with E-state index in [0.29, 0.717) is 24.5 Å². The standard InChI is InChI=1S/C20H15F7N4O2/c1-10(11-3-5-15(33-2)14(21)7-11)30-18(32)13-9-29-31(17(13)20(25,26)27)16-6-4-12(8-28-16)19(22,23)24/h3-10H,1-2H3,(H,30,32).